The number of allylic oxidation sites excluding steroid dienone is 2. The van der Waals surface area contributed by atoms with Crippen LogP contribution in [0.5, 0.6) is 0 Å². The molecule has 0 heterocycles. The Bertz CT molecular complexity index is 215. The molecule has 0 aliphatic heterocycles. The molecule has 0 saturated carbocycles. The lowest BCUT2D eigenvalue weighted by atomic mass is 10.3. The highest BCUT2D eigenvalue weighted by Crippen LogP contribution is 2.07. The molecule has 0 aliphatic carbocycles. The summed E-state index contributed by atoms with van der Waals surface area (Å²) in [6.07, 6.45) is 2.30. The van der Waals surface area contributed by atoms with E-state index in [4.69, 9.17) is 0 Å². The highest BCUT2D eigenvalue weighted by Gasteiger charge is 1.97. The van der Waals surface area contributed by atoms with Crippen molar-refractivity contribution in [1.29, 1.82) is 0 Å². The Labute approximate surface area is 72.5 Å². The van der Waals surface area contributed by atoms with Crippen LogP contribution in [-0.2, 0) is 4.74 Å². The molecule has 0 radical (unpaired) electrons. The predicted molar refractivity (Wildman–Crippen MR) is 48.7 cm³/mol. The fourth-order valence-corrected chi connectivity index (χ4v) is 0.523. The third-order valence-corrected chi connectivity index (χ3v) is 1.31. The second-order valence-corrected chi connectivity index (χ2v) is 2.31. The van der Waals surface area contributed by atoms with Gasteiger partial charge in [0, 0.05) is 6.21 Å². The summed E-state index contributed by atoms with van der Waals surface area (Å²) in [6.45, 7) is 6.94. The van der Waals surface area contributed by atoms with Crippen LogP contribution < -0.4 is 0 Å². The molecule has 68 valence electrons. The molecule has 0 saturated heterocycles. The van der Waals surface area contributed by atoms with Crippen LogP contribution in [0.3, 0.4) is 0 Å². The highest BCUT2D eigenvalue weighted by molar-refractivity contribution is 5.78. The normalized spacial score (nSPS) is 13.0. The largest absolute Gasteiger partial charge is 0.479 e. The minimum atomic E-state index is -0.433. The molecule has 0 unspecified atom stereocenters. The Kier molecular flexibility index (Phi) is 5.00. The lowest BCUT2D eigenvalue weighted by molar-refractivity contribution is 0.272. The van der Waals surface area contributed by atoms with Crippen LogP contribution >= 0.6 is 0 Å². The number of hydrogen-bond acceptors (Lipinski definition) is 2. The van der Waals surface area contributed by atoms with Crippen molar-refractivity contribution < 1.29 is 9.13 Å². The first kappa shape index (κ1) is 10.9. The SMILES string of the molecule is C=C(/C=N\C(OC)=C(/C)F)CC. The summed E-state index contributed by atoms with van der Waals surface area (Å²) in [5.41, 5.74) is 0.839. The van der Waals surface area contributed by atoms with E-state index in [2.05, 4.69) is 16.3 Å². The molecule has 0 rings (SSSR count). The lowest BCUT2D eigenvalue weighted by Crippen LogP contribution is -1.87. The van der Waals surface area contributed by atoms with Crippen molar-refractivity contribution >= 4 is 6.21 Å². The van der Waals surface area contributed by atoms with Gasteiger partial charge in [-0.05, 0) is 18.9 Å². The van der Waals surface area contributed by atoms with Crippen LogP contribution in [0.25, 0.3) is 0 Å². The van der Waals surface area contributed by atoms with Crippen LogP contribution in [-0.4, -0.2) is 13.3 Å². The van der Waals surface area contributed by atoms with Crippen molar-refractivity contribution in [3.8, 4) is 0 Å². The van der Waals surface area contributed by atoms with Gasteiger partial charge in [-0.15, -0.1) is 0 Å². The minimum Gasteiger partial charge on any atom is -0.479 e. The highest BCUT2D eigenvalue weighted by atomic mass is 19.1. The first-order valence-corrected chi connectivity index (χ1v) is 3.74. The van der Waals surface area contributed by atoms with Crippen LogP contribution in [0.2, 0.25) is 0 Å². The Morgan fingerprint density at radius 2 is 2.25 bits per heavy atom. The monoisotopic (exact) mass is 171 g/mol. The van der Waals surface area contributed by atoms with Gasteiger partial charge < -0.3 is 4.74 Å². The zero-order valence-corrected chi connectivity index (χ0v) is 7.72. The van der Waals surface area contributed by atoms with E-state index in [1.165, 1.54) is 20.2 Å². The quantitative estimate of drug-likeness (QED) is 0.470. The summed E-state index contributed by atoms with van der Waals surface area (Å²) < 4.78 is 17.2. The molecular formula is C9H14FNO. The molecular weight excluding hydrogens is 157 g/mol. The summed E-state index contributed by atoms with van der Waals surface area (Å²) in [5, 5.41) is 0. The van der Waals surface area contributed by atoms with E-state index >= 15 is 0 Å². The molecule has 0 N–H and O–H groups in total. The standard InChI is InChI=1S/C9H14FNO/c1-5-7(2)6-11-9(12-4)8(3)10/h6H,2,5H2,1,3-4H3/b9-8-,11-6-. The summed E-state index contributed by atoms with van der Waals surface area (Å²) in [7, 11) is 1.38. The zero-order chi connectivity index (χ0) is 9.56. The number of ether oxygens (including phenoxy) is 1. The maximum atomic E-state index is 12.5. The van der Waals surface area contributed by atoms with Crippen LogP contribution in [0.4, 0.5) is 4.39 Å². The maximum absolute atomic E-state index is 12.5. The summed E-state index contributed by atoms with van der Waals surface area (Å²) in [5.74, 6) is -0.428. The van der Waals surface area contributed by atoms with Gasteiger partial charge in [0.05, 0.1) is 7.11 Å². The van der Waals surface area contributed by atoms with Gasteiger partial charge in [0.1, 0.15) is 0 Å². The molecule has 0 aromatic rings. The molecule has 0 atom stereocenters. The number of methoxy groups -OCH3 is 1. The van der Waals surface area contributed by atoms with Gasteiger partial charge in [-0.1, -0.05) is 13.5 Å². The summed E-state index contributed by atoms with van der Waals surface area (Å²) in [6, 6.07) is 0. The summed E-state index contributed by atoms with van der Waals surface area (Å²) in [4.78, 5) is 3.77. The Hall–Kier alpha value is -1.12. The van der Waals surface area contributed by atoms with Gasteiger partial charge in [-0.3, -0.25) is 0 Å². The van der Waals surface area contributed by atoms with E-state index in [0.29, 0.717) is 0 Å². The van der Waals surface area contributed by atoms with Crippen molar-refractivity contribution in [3.63, 3.8) is 0 Å². The van der Waals surface area contributed by atoms with Crippen molar-refractivity contribution in [2.75, 3.05) is 7.11 Å². The first-order chi connectivity index (χ1) is 5.61. The van der Waals surface area contributed by atoms with E-state index in [1.807, 2.05) is 6.92 Å². The van der Waals surface area contributed by atoms with Gasteiger partial charge in [-0.25, -0.2) is 9.38 Å². The fourth-order valence-electron chi connectivity index (χ4n) is 0.523. The molecule has 0 aliphatic rings. The number of halogens is 1. The maximum Gasteiger partial charge on any atom is 0.245 e. The van der Waals surface area contributed by atoms with Gasteiger partial charge in [0.2, 0.25) is 5.88 Å². The molecule has 0 aromatic carbocycles. The Balaban J connectivity index is 4.32. The van der Waals surface area contributed by atoms with Crippen molar-refractivity contribution in [2.24, 2.45) is 4.99 Å². The van der Waals surface area contributed by atoms with Gasteiger partial charge >= 0.3 is 0 Å². The molecule has 2 nitrogen and oxygen atoms in total. The topological polar surface area (TPSA) is 21.6 Å². The smallest absolute Gasteiger partial charge is 0.245 e. The van der Waals surface area contributed by atoms with Gasteiger partial charge in [-0.2, -0.15) is 0 Å². The molecule has 0 aromatic heterocycles. The average molecular weight is 171 g/mol. The second-order valence-electron chi connectivity index (χ2n) is 2.31. The molecule has 0 amide bonds. The third kappa shape index (κ3) is 3.91. The average Bonchev–Trinajstić information content (AvgIpc) is 2.04. The lowest BCUT2D eigenvalue weighted by Gasteiger charge is -1.98. The number of hydrogen-bond donors (Lipinski definition) is 0. The number of nitrogens with zero attached hydrogens (tertiary/aromatic N) is 1. The fraction of sp³-hybridized carbons (Fsp3) is 0.444. The number of rotatable bonds is 4. The molecule has 3 heteroatoms. The molecule has 0 fully saturated rings. The summed E-state index contributed by atoms with van der Waals surface area (Å²) >= 11 is 0. The van der Waals surface area contributed by atoms with Crippen molar-refractivity contribution in [2.45, 2.75) is 20.3 Å². The Morgan fingerprint density at radius 1 is 1.67 bits per heavy atom. The van der Waals surface area contributed by atoms with E-state index in [9.17, 15) is 4.39 Å². The van der Waals surface area contributed by atoms with E-state index in [1.54, 1.807) is 0 Å². The Morgan fingerprint density at radius 3 is 2.58 bits per heavy atom. The van der Waals surface area contributed by atoms with E-state index < -0.39 is 5.83 Å². The van der Waals surface area contributed by atoms with E-state index in [0.717, 1.165) is 12.0 Å². The van der Waals surface area contributed by atoms with Crippen molar-refractivity contribution in [3.05, 3.63) is 23.9 Å². The van der Waals surface area contributed by atoms with Gasteiger partial charge in [0.15, 0.2) is 5.83 Å². The second kappa shape index (κ2) is 5.52. The van der Waals surface area contributed by atoms with Gasteiger partial charge in [0.25, 0.3) is 0 Å². The predicted octanol–water partition coefficient (Wildman–Crippen LogP) is 2.83. The first-order valence-electron chi connectivity index (χ1n) is 3.74. The zero-order valence-electron chi connectivity index (χ0n) is 7.72. The van der Waals surface area contributed by atoms with Crippen LogP contribution in [0, 0.1) is 0 Å². The third-order valence-electron chi connectivity index (χ3n) is 1.31. The minimum absolute atomic E-state index is 0.00426. The van der Waals surface area contributed by atoms with Crippen molar-refractivity contribution in [1.82, 2.24) is 0 Å². The molecule has 0 bridgehead atoms. The van der Waals surface area contributed by atoms with E-state index in [-0.39, 0.29) is 5.88 Å². The molecule has 12 heavy (non-hydrogen) atoms. The molecule has 0 spiro atoms. The number of aliphatic imine (C=N–C) groups is 1. The van der Waals surface area contributed by atoms with Crippen LogP contribution in [0.15, 0.2) is 28.9 Å². The van der Waals surface area contributed by atoms with Crippen LogP contribution in [0.1, 0.15) is 20.3 Å².